The predicted molar refractivity (Wildman–Crippen MR) is 107 cm³/mol. The van der Waals surface area contributed by atoms with Crippen LogP contribution >= 0.6 is 24.0 Å². The lowest BCUT2D eigenvalue weighted by Crippen LogP contribution is -2.48. The van der Waals surface area contributed by atoms with Crippen molar-refractivity contribution >= 4 is 29.9 Å². The van der Waals surface area contributed by atoms with Crippen molar-refractivity contribution in [3.63, 3.8) is 0 Å². The Hall–Kier alpha value is -0.120. The van der Waals surface area contributed by atoms with Crippen LogP contribution in [0, 0.1) is 5.92 Å². The van der Waals surface area contributed by atoms with E-state index >= 15 is 0 Å². The van der Waals surface area contributed by atoms with E-state index < -0.39 is 0 Å². The predicted octanol–water partition coefficient (Wildman–Crippen LogP) is 1.55. The summed E-state index contributed by atoms with van der Waals surface area (Å²) in [6, 6.07) is 0. The quantitative estimate of drug-likeness (QED) is 0.340. The number of guanidine groups is 1. The van der Waals surface area contributed by atoms with Gasteiger partial charge in [-0.25, -0.2) is 0 Å². The van der Waals surface area contributed by atoms with Crippen molar-refractivity contribution in [2.24, 2.45) is 10.9 Å². The second-order valence-electron chi connectivity index (χ2n) is 6.16. The zero-order chi connectivity index (χ0) is 16.4. The van der Waals surface area contributed by atoms with Crippen LogP contribution in [0.25, 0.3) is 0 Å². The molecule has 2 N–H and O–H groups in total. The number of nitrogens with zero attached hydrogens (tertiary/aromatic N) is 2. The molecule has 0 amide bonds. The molecule has 1 aliphatic rings. The van der Waals surface area contributed by atoms with E-state index in [1.54, 1.807) is 7.05 Å². The first-order chi connectivity index (χ1) is 10.6. The maximum absolute atomic E-state index is 5.76. The van der Waals surface area contributed by atoms with Gasteiger partial charge in [-0.2, -0.15) is 0 Å². The Morgan fingerprint density at radius 2 is 2.13 bits per heavy atom. The Balaban J connectivity index is 0.00000484. The average molecular weight is 442 g/mol. The molecule has 6 nitrogen and oxygen atoms in total. The minimum Gasteiger partial charge on any atom is -0.378 e. The molecule has 0 radical (unpaired) electrons. The molecule has 0 aromatic heterocycles. The molecular weight excluding hydrogens is 407 g/mol. The molecule has 2 unspecified atom stereocenters. The molecule has 7 heteroatoms. The van der Waals surface area contributed by atoms with Crippen LogP contribution in [0.15, 0.2) is 4.99 Å². The smallest absolute Gasteiger partial charge is 0.191 e. The standard InChI is InChI=1S/C16H34N4O2.HI/c1-6-21-15(13(2)3)7-8-18-16(17-4)19-11-14-12-20(5)9-10-22-14;/h13-15H,6-12H2,1-5H3,(H2,17,18,19);1H. The van der Waals surface area contributed by atoms with Gasteiger partial charge in [0.2, 0.25) is 0 Å². The zero-order valence-electron chi connectivity index (χ0n) is 15.3. The Bertz CT molecular complexity index is 329. The normalized spacial score (nSPS) is 21.0. The van der Waals surface area contributed by atoms with Crippen LogP contribution in [-0.2, 0) is 9.47 Å². The van der Waals surface area contributed by atoms with E-state index in [0.717, 1.165) is 51.8 Å². The summed E-state index contributed by atoms with van der Waals surface area (Å²) in [6.07, 6.45) is 1.50. The summed E-state index contributed by atoms with van der Waals surface area (Å²) < 4.78 is 11.5. The van der Waals surface area contributed by atoms with Crippen LogP contribution in [0.4, 0.5) is 0 Å². The van der Waals surface area contributed by atoms with Gasteiger partial charge in [-0.05, 0) is 26.3 Å². The first-order valence-electron chi connectivity index (χ1n) is 8.43. The fraction of sp³-hybridized carbons (Fsp3) is 0.938. The lowest BCUT2D eigenvalue weighted by molar-refractivity contribution is -0.0161. The Morgan fingerprint density at radius 1 is 1.39 bits per heavy atom. The molecule has 0 bridgehead atoms. The molecule has 0 aliphatic carbocycles. The van der Waals surface area contributed by atoms with Gasteiger partial charge in [-0.3, -0.25) is 4.99 Å². The molecule has 138 valence electrons. The molecule has 0 spiro atoms. The third-order valence-electron chi connectivity index (χ3n) is 3.91. The van der Waals surface area contributed by atoms with Crippen molar-refractivity contribution in [1.29, 1.82) is 0 Å². The van der Waals surface area contributed by atoms with Crippen molar-refractivity contribution < 1.29 is 9.47 Å². The van der Waals surface area contributed by atoms with Crippen LogP contribution in [0.1, 0.15) is 27.2 Å². The van der Waals surface area contributed by atoms with Crippen molar-refractivity contribution in [1.82, 2.24) is 15.5 Å². The second-order valence-corrected chi connectivity index (χ2v) is 6.16. The zero-order valence-corrected chi connectivity index (χ0v) is 17.6. The van der Waals surface area contributed by atoms with Gasteiger partial charge in [0.25, 0.3) is 0 Å². The summed E-state index contributed by atoms with van der Waals surface area (Å²) in [7, 11) is 3.92. The van der Waals surface area contributed by atoms with E-state index in [2.05, 4.69) is 41.4 Å². The molecule has 0 saturated carbocycles. The molecule has 1 heterocycles. The number of halogens is 1. The van der Waals surface area contributed by atoms with E-state index in [0.29, 0.717) is 12.0 Å². The first kappa shape index (κ1) is 22.9. The van der Waals surface area contributed by atoms with Crippen molar-refractivity contribution in [3.8, 4) is 0 Å². The SMILES string of the molecule is CCOC(CCNC(=NC)NCC1CN(C)CCO1)C(C)C.I. The van der Waals surface area contributed by atoms with Gasteiger partial charge >= 0.3 is 0 Å². The fourth-order valence-corrected chi connectivity index (χ4v) is 2.58. The summed E-state index contributed by atoms with van der Waals surface area (Å²) in [5.74, 6) is 1.36. The van der Waals surface area contributed by atoms with E-state index in [1.807, 2.05) is 6.92 Å². The lowest BCUT2D eigenvalue weighted by Gasteiger charge is -2.30. The van der Waals surface area contributed by atoms with Crippen molar-refractivity contribution in [2.75, 3.05) is 53.5 Å². The van der Waals surface area contributed by atoms with Crippen molar-refractivity contribution in [3.05, 3.63) is 0 Å². The number of aliphatic imine (C=N–C) groups is 1. The average Bonchev–Trinajstić information content (AvgIpc) is 2.49. The Morgan fingerprint density at radius 3 is 2.70 bits per heavy atom. The third-order valence-corrected chi connectivity index (χ3v) is 3.91. The largest absolute Gasteiger partial charge is 0.378 e. The highest BCUT2D eigenvalue weighted by Crippen LogP contribution is 2.09. The molecule has 0 aromatic rings. The Labute approximate surface area is 158 Å². The lowest BCUT2D eigenvalue weighted by atomic mass is 10.0. The molecular formula is C16H35IN4O2. The summed E-state index contributed by atoms with van der Waals surface area (Å²) in [5.41, 5.74) is 0. The number of hydrogen-bond donors (Lipinski definition) is 2. The van der Waals surface area contributed by atoms with Crippen molar-refractivity contribution in [2.45, 2.75) is 39.4 Å². The third kappa shape index (κ3) is 9.69. The van der Waals surface area contributed by atoms with E-state index in [1.165, 1.54) is 0 Å². The first-order valence-corrected chi connectivity index (χ1v) is 8.43. The maximum atomic E-state index is 5.76. The summed E-state index contributed by atoms with van der Waals surface area (Å²) >= 11 is 0. The van der Waals surface area contributed by atoms with Gasteiger partial charge < -0.3 is 25.0 Å². The summed E-state index contributed by atoms with van der Waals surface area (Å²) in [4.78, 5) is 6.56. The number of morpholine rings is 1. The molecule has 1 rings (SSSR count). The monoisotopic (exact) mass is 442 g/mol. The molecule has 23 heavy (non-hydrogen) atoms. The van der Waals surface area contributed by atoms with Gasteiger partial charge in [-0.1, -0.05) is 13.8 Å². The highest BCUT2D eigenvalue weighted by Gasteiger charge is 2.18. The van der Waals surface area contributed by atoms with Crippen LogP contribution in [0.5, 0.6) is 0 Å². The number of likely N-dealkylation sites (N-methyl/N-ethyl adjacent to an activating group) is 1. The molecule has 1 saturated heterocycles. The van der Waals surface area contributed by atoms with Gasteiger partial charge in [0, 0.05) is 39.8 Å². The number of hydrogen-bond acceptors (Lipinski definition) is 4. The topological polar surface area (TPSA) is 58.1 Å². The molecule has 2 atom stereocenters. The number of ether oxygens (including phenoxy) is 2. The molecule has 1 fully saturated rings. The molecule has 0 aromatic carbocycles. The summed E-state index contributed by atoms with van der Waals surface area (Å²) in [6.45, 7) is 11.6. The van der Waals surface area contributed by atoms with Crippen LogP contribution in [0.3, 0.4) is 0 Å². The molecule has 1 aliphatic heterocycles. The fourth-order valence-electron chi connectivity index (χ4n) is 2.58. The van der Waals surface area contributed by atoms with Gasteiger partial charge in [0.15, 0.2) is 5.96 Å². The highest BCUT2D eigenvalue weighted by atomic mass is 127. The van der Waals surface area contributed by atoms with Gasteiger partial charge in [0.1, 0.15) is 0 Å². The van der Waals surface area contributed by atoms with E-state index in [9.17, 15) is 0 Å². The van der Waals surface area contributed by atoms with Gasteiger partial charge in [0.05, 0.1) is 18.8 Å². The maximum Gasteiger partial charge on any atom is 0.191 e. The second kappa shape index (κ2) is 13.2. The minimum absolute atomic E-state index is 0. The van der Waals surface area contributed by atoms with Crippen LogP contribution < -0.4 is 10.6 Å². The number of rotatable bonds is 8. The van der Waals surface area contributed by atoms with E-state index in [-0.39, 0.29) is 30.1 Å². The van der Waals surface area contributed by atoms with Crippen LogP contribution in [0.2, 0.25) is 0 Å². The summed E-state index contributed by atoms with van der Waals surface area (Å²) in [5, 5.41) is 6.69. The van der Waals surface area contributed by atoms with E-state index in [4.69, 9.17) is 9.47 Å². The van der Waals surface area contributed by atoms with Gasteiger partial charge in [-0.15, -0.1) is 24.0 Å². The minimum atomic E-state index is 0. The Kier molecular flexibility index (Phi) is 13.1. The highest BCUT2D eigenvalue weighted by molar-refractivity contribution is 14.0. The number of nitrogens with one attached hydrogen (secondary N) is 2. The van der Waals surface area contributed by atoms with Crippen LogP contribution in [-0.4, -0.2) is 76.6 Å².